The third-order valence-corrected chi connectivity index (χ3v) is 5.80. The van der Waals surface area contributed by atoms with Gasteiger partial charge in [-0.05, 0) is 36.8 Å². The maximum Gasteiger partial charge on any atom is 0.433 e. The Bertz CT molecular complexity index is 1490. The molecule has 3 aromatic carbocycles. The van der Waals surface area contributed by atoms with E-state index in [0.717, 1.165) is 11.3 Å². The molecule has 36 heavy (non-hydrogen) atoms. The van der Waals surface area contributed by atoms with Crippen LogP contribution < -0.4 is 4.74 Å². The SMILES string of the molecule is Cc1c(OCc2cnn(-c3ccccc3)c2)ccc(-c2n[nH]c(C(F)(F)F)c2-c2ccccc2)c1O. The number of aromatic hydroxyl groups is 1. The van der Waals surface area contributed by atoms with Gasteiger partial charge in [-0.1, -0.05) is 48.5 Å². The summed E-state index contributed by atoms with van der Waals surface area (Å²) < 4.78 is 48.8. The van der Waals surface area contributed by atoms with Gasteiger partial charge in [-0.2, -0.15) is 23.4 Å². The number of H-pyrrole nitrogens is 1. The van der Waals surface area contributed by atoms with Gasteiger partial charge in [0.15, 0.2) is 0 Å². The highest BCUT2D eigenvalue weighted by Crippen LogP contribution is 2.45. The molecule has 0 radical (unpaired) electrons. The van der Waals surface area contributed by atoms with E-state index < -0.39 is 11.9 Å². The van der Waals surface area contributed by atoms with Crippen LogP contribution in [0.3, 0.4) is 0 Å². The third-order valence-electron chi connectivity index (χ3n) is 5.80. The molecular weight excluding hydrogens is 469 g/mol. The Labute approximate surface area is 204 Å². The van der Waals surface area contributed by atoms with E-state index >= 15 is 0 Å². The van der Waals surface area contributed by atoms with Crippen molar-refractivity contribution < 1.29 is 23.0 Å². The van der Waals surface area contributed by atoms with Crippen LogP contribution in [-0.4, -0.2) is 25.1 Å². The summed E-state index contributed by atoms with van der Waals surface area (Å²) >= 11 is 0. The summed E-state index contributed by atoms with van der Waals surface area (Å²) in [4.78, 5) is 0. The van der Waals surface area contributed by atoms with E-state index in [-0.39, 0.29) is 29.2 Å². The molecule has 0 aliphatic heterocycles. The van der Waals surface area contributed by atoms with Gasteiger partial charge in [0, 0.05) is 28.5 Å². The Balaban J connectivity index is 1.44. The Morgan fingerprint density at radius 2 is 1.67 bits per heavy atom. The number of nitrogens with zero attached hydrogens (tertiary/aromatic N) is 3. The first-order valence-electron chi connectivity index (χ1n) is 11.1. The molecule has 0 bridgehead atoms. The van der Waals surface area contributed by atoms with Crippen molar-refractivity contribution in [1.82, 2.24) is 20.0 Å². The molecule has 0 aliphatic rings. The number of phenolic OH excluding ortho intramolecular Hbond substituents is 1. The Morgan fingerprint density at radius 1 is 0.972 bits per heavy atom. The second-order valence-corrected chi connectivity index (χ2v) is 8.19. The maximum atomic E-state index is 13.7. The normalized spacial score (nSPS) is 11.6. The maximum absolute atomic E-state index is 13.7. The summed E-state index contributed by atoms with van der Waals surface area (Å²) in [6, 6.07) is 20.9. The number of hydrogen-bond acceptors (Lipinski definition) is 4. The first-order valence-corrected chi connectivity index (χ1v) is 11.1. The van der Waals surface area contributed by atoms with Crippen molar-refractivity contribution in [3.8, 4) is 39.6 Å². The zero-order chi connectivity index (χ0) is 25.3. The van der Waals surface area contributed by atoms with Crippen molar-refractivity contribution in [1.29, 1.82) is 0 Å². The minimum Gasteiger partial charge on any atom is -0.507 e. The predicted octanol–water partition coefficient (Wildman–Crippen LogP) is 6.54. The molecule has 0 unspecified atom stereocenters. The molecular formula is C27H21F3N4O2. The topological polar surface area (TPSA) is 76.0 Å². The van der Waals surface area contributed by atoms with Crippen LogP contribution in [0.1, 0.15) is 16.8 Å². The molecule has 0 fully saturated rings. The van der Waals surface area contributed by atoms with Gasteiger partial charge in [0.2, 0.25) is 0 Å². The highest BCUT2D eigenvalue weighted by molar-refractivity contribution is 5.86. The van der Waals surface area contributed by atoms with Crippen LogP contribution in [0.4, 0.5) is 13.2 Å². The lowest BCUT2D eigenvalue weighted by Gasteiger charge is -2.14. The van der Waals surface area contributed by atoms with Crippen LogP contribution in [0.5, 0.6) is 11.5 Å². The van der Waals surface area contributed by atoms with Crippen molar-refractivity contribution in [2.45, 2.75) is 19.7 Å². The molecule has 2 N–H and O–H groups in total. The van der Waals surface area contributed by atoms with E-state index in [1.807, 2.05) is 36.5 Å². The van der Waals surface area contributed by atoms with Gasteiger partial charge in [-0.25, -0.2) is 4.68 Å². The van der Waals surface area contributed by atoms with Crippen LogP contribution >= 0.6 is 0 Å². The van der Waals surface area contributed by atoms with Crippen molar-refractivity contribution in [2.24, 2.45) is 0 Å². The number of hydrogen-bond donors (Lipinski definition) is 2. The number of halogens is 3. The quantitative estimate of drug-likeness (QED) is 0.283. The summed E-state index contributed by atoms with van der Waals surface area (Å²) in [7, 11) is 0. The number of phenols is 1. The van der Waals surface area contributed by atoms with Gasteiger partial charge >= 0.3 is 6.18 Å². The van der Waals surface area contributed by atoms with E-state index in [2.05, 4.69) is 15.3 Å². The fourth-order valence-electron chi connectivity index (χ4n) is 3.97. The molecule has 5 rings (SSSR count). The largest absolute Gasteiger partial charge is 0.507 e. The molecule has 0 amide bonds. The molecule has 9 heteroatoms. The van der Waals surface area contributed by atoms with Crippen molar-refractivity contribution >= 4 is 0 Å². The van der Waals surface area contributed by atoms with Crippen molar-refractivity contribution in [3.05, 3.63) is 102 Å². The number of nitrogens with one attached hydrogen (secondary N) is 1. The molecule has 0 spiro atoms. The number of alkyl halides is 3. The van der Waals surface area contributed by atoms with Crippen LogP contribution in [0.25, 0.3) is 28.1 Å². The number of aromatic amines is 1. The Hall–Kier alpha value is -4.53. The predicted molar refractivity (Wildman–Crippen MR) is 129 cm³/mol. The standard InChI is InChI=1S/C27H21F3N4O2/c1-17-22(36-16-18-14-31-34(15-18)20-10-6-3-7-11-20)13-12-21(25(17)35)24-23(19-8-4-2-5-9-19)26(33-32-24)27(28,29)30/h2-15,35H,16H2,1H3,(H,32,33). The minimum atomic E-state index is -4.64. The van der Waals surface area contributed by atoms with E-state index in [4.69, 9.17) is 4.74 Å². The monoisotopic (exact) mass is 490 g/mol. The highest BCUT2D eigenvalue weighted by Gasteiger charge is 2.38. The van der Waals surface area contributed by atoms with Gasteiger partial charge in [-0.15, -0.1) is 0 Å². The smallest absolute Gasteiger partial charge is 0.433 e. The minimum absolute atomic E-state index is 0.00446. The summed E-state index contributed by atoms with van der Waals surface area (Å²) in [5.74, 6) is 0.196. The summed E-state index contributed by atoms with van der Waals surface area (Å²) in [6.07, 6.45) is -1.12. The van der Waals surface area contributed by atoms with Crippen molar-refractivity contribution in [3.63, 3.8) is 0 Å². The van der Waals surface area contributed by atoms with Crippen molar-refractivity contribution in [2.75, 3.05) is 0 Å². The number of aromatic nitrogens is 4. The van der Waals surface area contributed by atoms with Crippen LogP contribution in [0.2, 0.25) is 0 Å². The fourth-order valence-corrected chi connectivity index (χ4v) is 3.97. The Morgan fingerprint density at radius 3 is 2.36 bits per heavy atom. The zero-order valence-electron chi connectivity index (χ0n) is 19.1. The van der Waals surface area contributed by atoms with Crippen LogP contribution in [-0.2, 0) is 12.8 Å². The molecule has 0 saturated heterocycles. The molecule has 6 nitrogen and oxygen atoms in total. The Kier molecular flexibility index (Phi) is 5.97. The zero-order valence-corrected chi connectivity index (χ0v) is 19.1. The second-order valence-electron chi connectivity index (χ2n) is 8.19. The lowest BCUT2D eigenvalue weighted by Crippen LogP contribution is -2.07. The van der Waals surface area contributed by atoms with Gasteiger partial charge < -0.3 is 9.84 Å². The first-order chi connectivity index (χ1) is 17.3. The van der Waals surface area contributed by atoms with E-state index in [1.54, 1.807) is 54.2 Å². The molecule has 0 aliphatic carbocycles. The molecule has 2 aromatic heterocycles. The average molecular weight is 490 g/mol. The summed E-state index contributed by atoms with van der Waals surface area (Å²) in [5.41, 5.74) is 1.52. The molecule has 2 heterocycles. The van der Waals surface area contributed by atoms with E-state index in [1.165, 1.54) is 6.07 Å². The number of ether oxygens (including phenoxy) is 1. The number of rotatable bonds is 6. The van der Waals surface area contributed by atoms with Gasteiger partial charge in [0.05, 0.1) is 11.9 Å². The first kappa shape index (κ1) is 23.2. The highest BCUT2D eigenvalue weighted by atomic mass is 19.4. The average Bonchev–Trinajstić information content (AvgIpc) is 3.54. The van der Waals surface area contributed by atoms with Crippen LogP contribution in [0.15, 0.2) is 85.2 Å². The van der Waals surface area contributed by atoms with E-state index in [9.17, 15) is 18.3 Å². The summed E-state index contributed by atoms with van der Waals surface area (Å²) in [6.45, 7) is 1.84. The number of benzene rings is 3. The second kappa shape index (κ2) is 9.26. The number of para-hydroxylation sites is 1. The van der Waals surface area contributed by atoms with Gasteiger partial charge in [-0.3, -0.25) is 5.10 Å². The third kappa shape index (κ3) is 4.43. The fraction of sp³-hybridized carbons (Fsp3) is 0.111. The van der Waals surface area contributed by atoms with Gasteiger partial charge in [0.25, 0.3) is 0 Å². The van der Waals surface area contributed by atoms with Crippen LogP contribution in [0, 0.1) is 6.92 Å². The molecule has 5 aromatic rings. The molecule has 182 valence electrons. The molecule has 0 saturated carbocycles. The van der Waals surface area contributed by atoms with Gasteiger partial charge in [0.1, 0.15) is 29.5 Å². The summed E-state index contributed by atoms with van der Waals surface area (Å²) in [5, 5.41) is 21.3. The lowest BCUT2D eigenvalue weighted by molar-refractivity contribution is -0.140. The van der Waals surface area contributed by atoms with E-state index in [0.29, 0.717) is 16.9 Å². The lowest BCUT2D eigenvalue weighted by atomic mass is 9.96. The molecule has 0 atom stereocenters.